The number of hydrogen-bond acceptors (Lipinski definition) is 2. The molecule has 0 aliphatic carbocycles. The Morgan fingerprint density at radius 3 is 2.32 bits per heavy atom. The zero-order chi connectivity index (χ0) is 17.2. The maximum Gasteiger partial charge on any atom is 0.209 e. The fourth-order valence-electron chi connectivity index (χ4n) is 3.07. The second-order valence-corrected chi connectivity index (χ2v) is 5.82. The third-order valence-corrected chi connectivity index (χ3v) is 4.35. The summed E-state index contributed by atoms with van der Waals surface area (Å²) in [7, 11) is 1.61. The second kappa shape index (κ2) is 6.29. The van der Waals surface area contributed by atoms with Crippen molar-refractivity contribution in [2.24, 2.45) is 0 Å². The molecule has 2 aromatic carbocycles. The maximum atomic E-state index is 13.0. The van der Waals surface area contributed by atoms with Gasteiger partial charge in [-0.3, -0.25) is 4.79 Å². The molecule has 0 N–H and O–H groups in total. The van der Waals surface area contributed by atoms with E-state index in [4.69, 9.17) is 4.74 Å². The number of ether oxygens (including phenoxy) is 1. The molecular formula is C22H17NO2. The lowest BCUT2D eigenvalue weighted by Gasteiger charge is -2.04. The van der Waals surface area contributed by atoms with Crippen molar-refractivity contribution in [1.29, 1.82) is 0 Å². The zero-order valence-electron chi connectivity index (χ0n) is 13.8. The summed E-state index contributed by atoms with van der Waals surface area (Å²) in [6.07, 6.45) is 1.93. The van der Waals surface area contributed by atoms with Crippen LogP contribution in [0.2, 0.25) is 0 Å². The predicted molar refractivity (Wildman–Crippen MR) is 99.3 cm³/mol. The van der Waals surface area contributed by atoms with Crippen molar-refractivity contribution in [2.75, 3.05) is 7.11 Å². The van der Waals surface area contributed by atoms with Gasteiger partial charge in [0.15, 0.2) is 0 Å². The molecule has 0 amide bonds. The molecular weight excluding hydrogens is 310 g/mol. The Balaban J connectivity index is 1.86. The van der Waals surface area contributed by atoms with Gasteiger partial charge in [-0.2, -0.15) is 0 Å². The molecule has 4 aromatic rings. The van der Waals surface area contributed by atoms with Crippen LogP contribution in [-0.2, 0) is 0 Å². The molecule has 0 spiro atoms. The molecule has 0 unspecified atom stereocenters. The number of pyridine rings is 1. The molecule has 0 saturated heterocycles. The molecule has 25 heavy (non-hydrogen) atoms. The van der Waals surface area contributed by atoms with E-state index < -0.39 is 0 Å². The van der Waals surface area contributed by atoms with Crippen LogP contribution in [0.1, 0.15) is 16.1 Å². The van der Waals surface area contributed by atoms with Crippen LogP contribution in [0.25, 0.3) is 16.6 Å². The Morgan fingerprint density at radius 2 is 1.60 bits per heavy atom. The van der Waals surface area contributed by atoms with Crippen LogP contribution >= 0.6 is 0 Å². The first-order valence-electron chi connectivity index (χ1n) is 8.12. The van der Waals surface area contributed by atoms with E-state index in [-0.39, 0.29) is 5.78 Å². The molecule has 0 fully saturated rings. The maximum absolute atomic E-state index is 13.0. The number of methoxy groups -OCH3 is 1. The summed E-state index contributed by atoms with van der Waals surface area (Å²) in [6, 6.07) is 25.3. The van der Waals surface area contributed by atoms with Crippen molar-refractivity contribution in [3.05, 3.63) is 96.3 Å². The van der Waals surface area contributed by atoms with Crippen LogP contribution in [0, 0.1) is 0 Å². The minimum Gasteiger partial charge on any atom is -0.497 e. The van der Waals surface area contributed by atoms with Gasteiger partial charge in [-0.05, 0) is 48.0 Å². The van der Waals surface area contributed by atoms with Crippen molar-refractivity contribution < 1.29 is 9.53 Å². The van der Waals surface area contributed by atoms with Crippen molar-refractivity contribution in [3.63, 3.8) is 0 Å². The van der Waals surface area contributed by atoms with Gasteiger partial charge in [-0.1, -0.05) is 36.4 Å². The van der Waals surface area contributed by atoms with Crippen LogP contribution in [0.5, 0.6) is 5.75 Å². The normalized spacial score (nSPS) is 10.8. The predicted octanol–water partition coefficient (Wildman–Crippen LogP) is 4.85. The van der Waals surface area contributed by atoms with Gasteiger partial charge in [0.1, 0.15) is 5.75 Å². The van der Waals surface area contributed by atoms with E-state index in [2.05, 4.69) is 12.1 Å². The smallest absolute Gasteiger partial charge is 0.209 e. The minimum absolute atomic E-state index is 0.00830. The highest BCUT2D eigenvalue weighted by Gasteiger charge is 2.17. The monoisotopic (exact) mass is 327 g/mol. The molecule has 3 nitrogen and oxygen atoms in total. The summed E-state index contributed by atoms with van der Waals surface area (Å²) in [5.41, 5.74) is 4.46. The fourth-order valence-corrected chi connectivity index (χ4v) is 3.07. The van der Waals surface area contributed by atoms with E-state index in [0.29, 0.717) is 11.3 Å². The third kappa shape index (κ3) is 2.70. The lowest BCUT2D eigenvalue weighted by atomic mass is 10.0. The lowest BCUT2D eigenvalue weighted by molar-refractivity contribution is 0.103. The molecule has 2 heterocycles. The SMILES string of the molecule is COc1ccc(C(=O)c2cc(-c3ccccc3)c3ccccn23)cc1. The number of fused-ring (bicyclic) bond motifs is 1. The number of nitrogens with zero attached hydrogens (tertiary/aromatic N) is 1. The molecule has 0 aliphatic rings. The molecule has 0 bridgehead atoms. The Kier molecular flexibility index (Phi) is 3.82. The number of ketones is 1. The van der Waals surface area contributed by atoms with Crippen molar-refractivity contribution >= 4 is 11.3 Å². The number of carbonyl (C=O) groups excluding carboxylic acids is 1. The summed E-state index contributed by atoms with van der Waals surface area (Å²) < 4.78 is 7.12. The average Bonchev–Trinajstić information content (AvgIpc) is 3.08. The number of carbonyl (C=O) groups is 1. The molecule has 0 atom stereocenters. The third-order valence-electron chi connectivity index (χ3n) is 4.35. The van der Waals surface area contributed by atoms with Gasteiger partial charge in [0.2, 0.25) is 5.78 Å². The van der Waals surface area contributed by atoms with Gasteiger partial charge >= 0.3 is 0 Å². The highest BCUT2D eigenvalue weighted by atomic mass is 16.5. The Morgan fingerprint density at radius 1 is 0.880 bits per heavy atom. The van der Waals surface area contributed by atoms with E-state index in [9.17, 15) is 4.79 Å². The number of rotatable bonds is 4. The van der Waals surface area contributed by atoms with Crippen molar-refractivity contribution in [3.8, 4) is 16.9 Å². The first-order chi connectivity index (χ1) is 12.3. The number of hydrogen-bond donors (Lipinski definition) is 0. The standard InChI is InChI=1S/C22H17NO2/c1-25-18-12-10-17(11-13-18)22(24)21-15-19(16-7-3-2-4-8-16)20-9-5-6-14-23(20)21/h2-15H,1H3. The van der Waals surface area contributed by atoms with Crippen molar-refractivity contribution in [1.82, 2.24) is 4.40 Å². The number of benzene rings is 2. The molecule has 4 rings (SSSR count). The van der Waals surface area contributed by atoms with Gasteiger partial charge in [-0.15, -0.1) is 0 Å². The summed E-state index contributed by atoms with van der Waals surface area (Å²) in [5.74, 6) is 0.729. The van der Waals surface area contributed by atoms with Crippen LogP contribution in [0.4, 0.5) is 0 Å². The minimum atomic E-state index is -0.00830. The van der Waals surface area contributed by atoms with E-state index in [1.54, 1.807) is 31.4 Å². The quantitative estimate of drug-likeness (QED) is 0.502. The summed E-state index contributed by atoms with van der Waals surface area (Å²) in [5, 5.41) is 0. The largest absolute Gasteiger partial charge is 0.497 e. The van der Waals surface area contributed by atoms with Crippen LogP contribution < -0.4 is 4.74 Å². The van der Waals surface area contributed by atoms with Gasteiger partial charge in [0, 0.05) is 17.3 Å². The summed E-state index contributed by atoms with van der Waals surface area (Å²) in [6.45, 7) is 0. The second-order valence-electron chi connectivity index (χ2n) is 5.82. The molecule has 0 radical (unpaired) electrons. The fraction of sp³-hybridized carbons (Fsp3) is 0.0455. The molecule has 0 aliphatic heterocycles. The number of aromatic nitrogens is 1. The Bertz CT molecular complexity index is 1030. The van der Waals surface area contributed by atoms with Gasteiger partial charge in [-0.25, -0.2) is 0 Å². The van der Waals surface area contributed by atoms with Crippen LogP contribution in [0.15, 0.2) is 85.1 Å². The van der Waals surface area contributed by atoms with Crippen LogP contribution in [-0.4, -0.2) is 17.3 Å². The first kappa shape index (κ1) is 15.2. The summed E-state index contributed by atoms with van der Waals surface area (Å²) >= 11 is 0. The van der Waals surface area contributed by atoms with E-state index in [0.717, 1.165) is 22.4 Å². The highest BCUT2D eigenvalue weighted by Crippen LogP contribution is 2.29. The van der Waals surface area contributed by atoms with E-state index in [1.807, 2.05) is 53.1 Å². The molecule has 3 heteroatoms. The highest BCUT2D eigenvalue weighted by molar-refractivity contribution is 6.10. The Hall–Kier alpha value is -3.33. The molecule has 0 saturated carbocycles. The van der Waals surface area contributed by atoms with Gasteiger partial charge < -0.3 is 9.14 Å². The van der Waals surface area contributed by atoms with Crippen molar-refractivity contribution in [2.45, 2.75) is 0 Å². The van der Waals surface area contributed by atoms with Gasteiger partial charge in [0.05, 0.1) is 18.3 Å². The lowest BCUT2D eigenvalue weighted by Crippen LogP contribution is -2.04. The van der Waals surface area contributed by atoms with Gasteiger partial charge in [0.25, 0.3) is 0 Å². The average molecular weight is 327 g/mol. The van der Waals surface area contributed by atoms with E-state index in [1.165, 1.54) is 0 Å². The Labute approximate surface area is 146 Å². The summed E-state index contributed by atoms with van der Waals surface area (Å²) in [4.78, 5) is 13.0. The van der Waals surface area contributed by atoms with E-state index >= 15 is 0 Å². The first-order valence-corrected chi connectivity index (χ1v) is 8.12. The zero-order valence-corrected chi connectivity index (χ0v) is 13.8. The molecule has 122 valence electrons. The topological polar surface area (TPSA) is 30.7 Å². The molecule has 2 aromatic heterocycles. The van der Waals surface area contributed by atoms with Crippen LogP contribution in [0.3, 0.4) is 0 Å².